The number of rotatable bonds is 6. The maximum Gasteiger partial charge on any atom is 0.340 e. The van der Waals surface area contributed by atoms with E-state index in [9.17, 15) is 9.59 Å². The number of nitrogens with zero attached hydrogens (tertiary/aromatic N) is 1. The van der Waals surface area contributed by atoms with Crippen molar-refractivity contribution in [3.63, 3.8) is 0 Å². The SMILES string of the molecule is COc1cc2c(cc1OC)C(c1cccs1)N(C(=O)c1[nH]c(C)c(C(=O)OC(C)C)c1C)CC2. The van der Waals surface area contributed by atoms with Crippen LogP contribution in [0.4, 0.5) is 0 Å². The first-order chi connectivity index (χ1) is 16.3. The molecule has 1 aromatic carbocycles. The maximum atomic E-state index is 13.9. The predicted octanol–water partition coefficient (Wildman–Crippen LogP) is 5.06. The zero-order chi connectivity index (χ0) is 24.6. The molecule has 0 fully saturated rings. The number of carbonyl (C=O) groups is 2. The van der Waals surface area contributed by atoms with Crippen molar-refractivity contribution < 1.29 is 23.8 Å². The second-order valence-corrected chi connectivity index (χ2v) is 9.63. The second-order valence-electron chi connectivity index (χ2n) is 8.65. The first-order valence-corrected chi connectivity index (χ1v) is 12.1. The van der Waals surface area contributed by atoms with E-state index in [1.54, 1.807) is 53.3 Å². The highest BCUT2D eigenvalue weighted by atomic mass is 32.1. The average molecular weight is 483 g/mol. The molecule has 0 bridgehead atoms. The lowest BCUT2D eigenvalue weighted by Gasteiger charge is -2.37. The summed E-state index contributed by atoms with van der Waals surface area (Å²) in [5, 5.41) is 2.01. The fourth-order valence-electron chi connectivity index (χ4n) is 4.60. The van der Waals surface area contributed by atoms with Gasteiger partial charge in [-0.15, -0.1) is 11.3 Å². The van der Waals surface area contributed by atoms with E-state index >= 15 is 0 Å². The lowest BCUT2D eigenvalue weighted by atomic mass is 9.90. The molecule has 34 heavy (non-hydrogen) atoms. The largest absolute Gasteiger partial charge is 0.493 e. The number of amides is 1. The summed E-state index contributed by atoms with van der Waals surface area (Å²) in [4.78, 5) is 32.7. The minimum atomic E-state index is -0.420. The first kappa shape index (κ1) is 23.9. The minimum Gasteiger partial charge on any atom is -0.493 e. The molecule has 0 spiro atoms. The van der Waals surface area contributed by atoms with E-state index in [0.29, 0.717) is 47.0 Å². The van der Waals surface area contributed by atoms with Crippen LogP contribution in [0, 0.1) is 13.8 Å². The molecule has 2 aromatic heterocycles. The molecule has 1 atom stereocenters. The Morgan fingerprint density at radius 3 is 2.47 bits per heavy atom. The quantitative estimate of drug-likeness (QED) is 0.497. The molecule has 8 heteroatoms. The van der Waals surface area contributed by atoms with Gasteiger partial charge in [0.2, 0.25) is 0 Å². The van der Waals surface area contributed by atoms with E-state index in [1.807, 2.05) is 34.5 Å². The summed E-state index contributed by atoms with van der Waals surface area (Å²) in [7, 11) is 3.23. The van der Waals surface area contributed by atoms with Gasteiger partial charge in [0.05, 0.1) is 31.9 Å². The number of methoxy groups -OCH3 is 2. The van der Waals surface area contributed by atoms with Crippen molar-refractivity contribution >= 4 is 23.2 Å². The Morgan fingerprint density at radius 2 is 1.85 bits per heavy atom. The number of ether oxygens (including phenoxy) is 3. The highest BCUT2D eigenvalue weighted by molar-refractivity contribution is 7.10. The summed E-state index contributed by atoms with van der Waals surface area (Å²) in [5.41, 5.74) is 4.21. The number of nitrogens with one attached hydrogen (secondary N) is 1. The molecule has 1 aliphatic heterocycles. The fraction of sp³-hybridized carbons (Fsp3) is 0.385. The molecule has 0 saturated carbocycles. The van der Waals surface area contributed by atoms with Crippen LogP contribution in [0.3, 0.4) is 0 Å². The predicted molar refractivity (Wildman–Crippen MR) is 131 cm³/mol. The Labute approximate surface area is 203 Å². The molecule has 3 aromatic rings. The molecule has 0 saturated heterocycles. The molecule has 7 nitrogen and oxygen atoms in total. The van der Waals surface area contributed by atoms with Crippen LogP contribution in [-0.4, -0.2) is 48.6 Å². The van der Waals surface area contributed by atoms with Gasteiger partial charge in [0.1, 0.15) is 5.69 Å². The van der Waals surface area contributed by atoms with E-state index in [2.05, 4.69) is 4.98 Å². The first-order valence-electron chi connectivity index (χ1n) is 11.3. The summed E-state index contributed by atoms with van der Waals surface area (Å²) < 4.78 is 16.5. The summed E-state index contributed by atoms with van der Waals surface area (Å²) in [6.45, 7) is 7.73. The number of aryl methyl sites for hydroxylation is 1. The van der Waals surface area contributed by atoms with Crippen LogP contribution in [0.1, 0.15) is 68.0 Å². The van der Waals surface area contributed by atoms with Gasteiger partial charge in [0.25, 0.3) is 5.91 Å². The molecule has 0 radical (unpaired) electrons. The third-order valence-electron chi connectivity index (χ3n) is 6.15. The van der Waals surface area contributed by atoms with E-state index in [-0.39, 0.29) is 18.1 Å². The number of carbonyl (C=O) groups excluding carboxylic acids is 2. The smallest absolute Gasteiger partial charge is 0.340 e. The van der Waals surface area contributed by atoms with Crippen LogP contribution >= 0.6 is 11.3 Å². The molecule has 0 aliphatic carbocycles. The van der Waals surface area contributed by atoms with Crippen molar-refractivity contribution in [3.8, 4) is 11.5 Å². The van der Waals surface area contributed by atoms with Gasteiger partial charge >= 0.3 is 5.97 Å². The molecule has 1 N–H and O–H groups in total. The summed E-state index contributed by atoms with van der Waals surface area (Å²) in [6.07, 6.45) is 0.443. The molecular formula is C26H30N2O5S. The molecule has 180 valence electrons. The van der Waals surface area contributed by atoms with E-state index in [4.69, 9.17) is 14.2 Å². The molecular weight excluding hydrogens is 452 g/mol. The fourth-order valence-corrected chi connectivity index (χ4v) is 5.46. The molecule has 1 aliphatic rings. The summed E-state index contributed by atoms with van der Waals surface area (Å²) >= 11 is 1.61. The van der Waals surface area contributed by atoms with Gasteiger partial charge in [-0.05, 0) is 74.4 Å². The number of hydrogen-bond acceptors (Lipinski definition) is 6. The average Bonchev–Trinajstić information content (AvgIpc) is 3.44. The monoisotopic (exact) mass is 482 g/mol. The zero-order valence-corrected chi connectivity index (χ0v) is 21.2. The Hall–Kier alpha value is -3.26. The molecule has 3 heterocycles. The van der Waals surface area contributed by atoms with E-state index in [0.717, 1.165) is 16.0 Å². The van der Waals surface area contributed by atoms with Crippen molar-refractivity contribution in [2.75, 3.05) is 20.8 Å². The number of fused-ring (bicyclic) bond motifs is 1. The van der Waals surface area contributed by atoms with Gasteiger partial charge in [-0.25, -0.2) is 4.79 Å². The normalized spacial score (nSPS) is 15.3. The van der Waals surface area contributed by atoms with Gasteiger partial charge in [-0.3, -0.25) is 4.79 Å². The van der Waals surface area contributed by atoms with Crippen LogP contribution in [0.25, 0.3) is 0 Å². The maximum absolute atomic E-state index is 13.9. The number of esters is 1. The van der Waals surface area contributed by atoms with Gasteiger partial charge in [0, 0.05) is 17.1 Å². The number of hydrogen-bond donors (Lipinski definition) is 1. The number of aromatic amines is 1. The third kappa shape index (κ3) is 4.18. The highest BCUT2D eigenvalue weighted by Gasteiger charge is 2.36. The topological polar surface area (TPSA) is 80.9 Å². The van der Waals surface area contributed by atoms with Crippen LogP contribution in [-0.2, 0) is 11.2 Å². The van der Waals surface area contributed by atoms with Crippen molar-refractivity contribution in [2.24, 2.45) is 0 Å². The standard InChI is InChI=1S/C26H30N2O5S/c1-14(2)33-26(30)22-15(3)23(27-16(22)4)25(29)28-10-9-17-12-19(31-5)20(32-6)13-18(17)24(28)21-8-7-11-34-21/h7-8,11-14,24,27H,9-10H2,1-6H3. The van der Waals surface area contributed by atoms with E-state index < -0.39 is 5.97 Å². The zero-order valence-electron chi connectivity index (χ0n) is 20.4. The number of benzene rings is 1. The molecule has 4 rings (SSSR count). The van der Waals surface area contributed by atoms with Gasteiger partial charge in [-0.2, -0.15) is 0 Å². The Bertz CT molecular complexity index is 1210. The van der Waals surface area contributed by atoms with Crippen molar-refractivity contribution in [1.82, 2.24) is 9.88 Å². The Kier molecular flexibility index (Phi) is 6.70. The lowest BCUT2D eigenvalue weighted by Crippen LogP contribution is -2.40. The van der Waals surface area contributed by atoms with Gasteiger partial charge < -0.3 is 24.1 Å². The van der Waals surface area contributed by atoms with Crippen molar-refractivity contribution in [1.29, 1.82) is 0 Å². The summed E-state index contributed by atoms with van der Waals surface area (Å²) in [6, 6.07) is 7.73. The highest BCUT2D eigenvalue weighted by Crippen LogP contribution is 2.43. The van der Waals surface area contributed by atoms with Crippen LogP contribution in [0.2, 0.25) is 0 Å². The van der Waals surface area contributed by atoms with Crippen LogP contribution in [0.15, 0.2) is 29.6 Å². The summed E-state index contributed by atoms with van der Waals surface area (Å²) in [5.74, 6) is 0.733. The number of H-pyrrole nitrogens is 1. The van der Waals surface area contributed by atoms with Gasteiger partial charge in [-0.1, -0.05) is 6.07 Å². The van der Waals surface area contributed by atoms with Crippen molar-refractivity contribution in [3.05, 3.63) is 68.2 Å². The second kappa shape index (κ2) is 9.54. The van der Waals surface area contributed by atoms with Gasteiger partial charge in [0.15, 0.2) is 11.5 Å². The van der Waals surface area contributed by atoms with E-state index in [1.165, 1.54) is 0 Å². The van der Waals surface area contributed by atoms with Crippen LogP contribution in [0.5, 0.6) is 11.5 Å². The third-order valence-corrected chi connectivity index (χ3v) is 7.07. The Morgan fingerprint density at radius 1 is 1.15 bits per heavy atom. The molecule has 1 amide bonds. The minimum absolute atomic E-state index is 0.150. The molecule has 1 unspecified atom stereocenters. The Balaban J connectivity index is 1.78. The van der Waals surface area contributed by atoms with Crippen LogP contribution < -0.4 is 9.47 Å². The number of aromatic nitrogens is 1. The van der Waals surface area contributed by atoms with Crippen molar-refractivity contribution in [2.45, 2.75) is 46.3 Å². The number of thiophene rings is 1. The lowest BCUT2D eigenvalue weighted by molar-refractivity contribution is 0.0376.